The summed E-state index contributed by atoms with van der Waals surface area (Å²) in [6.45, 7) is 10.3. The number of thiazole rings is 1. The summed E-state index contributed by atoms with van der Waals surface area (Å²) in [5.74, 6) is -0.817. The Bertz CT molecular complexity index is 939. The molecule has 1 aromatic carbocycles. The monoisotopic (exact) mass is 436 g/mol. The molecule has 8 nitrogen and oxygen atoms in total. The molecule has 0 saturated carbocycles. The van der Waals surface area contributed by atoms with E-state index >= 15 is 0 Å². The standard InChI is InChI=1S/C21H28N2O6S/c1-20(2,3)28-18(26)14(23-19(27)29-21(4,5)6)9-10-15(25)17-22-13-8-7-12(24)11-16(13)30-17/h7-8,11,14,24H,9-10H2,1-6H3,(H,23,27)/t14-/m1/s1. The Kier molecular flexibility index (Phi) is 7.07. The van der Waals surface area contributed by atoms with Crippen LogP contribution in [0.4, 0.5) is 4.79 Å². The van der Waals surface area contributed by atoms with Gasteiger partial charge in [0.15, 0.2) is 10.8 Å². The average molecular weight is 437 g/mol. The van der Waals surface area contributed by atoms with Crippen LogP contribution >= 0.6 is 11.3 Å². The highest BCUT2D eigenvalue weighted by molar-refractivity contribution is 7.20. The van der Waals surface area contributed by atoms with Crippen molar-refractivity contribution < 1.29 is 29.0 Å². The summed E-state index contributed by atoms with van der Waals surface area (Å²) in [4.78, 5) is 41.6. The molecule has 0 aliphatic heterocycles. The SMILES string of the molecule is CC(C)(C)OC(=O)N[C@H](CCC(=O)c1nc2ccc(O)cc2s1)C(=O)OC(C)(C)C. The number of phenolic OH excluding ortho intramolecular Hbond substituents is 1. The highest BCUT2D eigenvalue weighted by Crippen LogP contribution is 2.27. The molecule has 0 bridgehead atoms. The number of aromatic nitrogens is 1. The van der Waals surface area contributed by atoms with E-state index in [1.54, 1.807) is 47.6 Å². The van der Waals surface area contributed by atoms with Crippen molar-refractivity contribution in [3.05, 3.63) is 23.2 Å². The van der Waals surface area contributed by atoms with Crippen molar-refractivity contribution in [3.8, 4) is 5.75 Å². The zero-order valence-electron chi connectivity index (χ0n) is 18.1. The largest absolute Gasteiger partial charge is 0.508 e. The highest BCUT2D eigenvalue weighted by atomic mass is 32.1. The van der Waals surface area contributed by atoms with Gasteiger partial charge < -0.3 is 19.9 Å². The van der Waals surface area contributed by atoms with Gasteiger partial charge in [-0.2, -0.15) is 0 Å². The number of amides is 1. The summed E-state index contributed by atoms with van der Waals surface area (Å²) < 4.78 is 11.3. The smallest absolute Gasteiger partial charge is 0.408 e. The van der Waals surface area contributed by atoms with Gasteiger partial charge in [-0.25, -0.2) is 14.6 Å². The van der Waals surface area contributed by atoms with Crippen LogP contribution in [-0.4, -0.2) is 45.2 Å². The van der Waals surface area contributed by atoms with Gasteiger partial charge in [0.1, 0.15) is 23.0 Å². The molecular weight excluding hydrogens is 408 g/mol. The second-order valence-electron chi connectivity index (χ2n) is 8.87. The molecule has 164 valence electrons. The van der Waals surface area contributed by atoms with Gasteiger partial charge in [0.25, 0.3) is 0 Å². The number of carbonyl (C=O) groups excluding carboxylic acids is 3. The molecule has 2 N–H and O–H groups in total. The van der Waals surface area contributed by atoms with Gasteiger partial charge in [-0.3, -0.25) is 4.79 Å². The molecule has 1 heterocycles. The molecule has 1 amide bonds. The van der Waals surface area contributed by atoms with Crippen LogP contribution in [-0.2, 0) is 14.3 Å². The van der Waals surface area contributed by atoms with E-state index in [1.807, 2.05) is 0 Å². The minimum absolute atomic E-state index is 0.0223. The van der Waals surface area contributed by atoms with E-state index in [2.05, 4.69) is 10.3 Å². The quantitative estimate of drug-likeness (QED) is 0.515. The molecule has 0 spiro atoms. The van der Waals surface area contributed by atoms with E-state index in [9.17, 15) is 19.5 Å². The first-order valence-electron chi connectivity index (χ1n) is 9.59. The molecule has 0 aliphatic carbocycles. The van der Waals surface area contributed by atoms with Crippen LogP contribution in [0, 0.1) is 0 Å². The topological polar surface area (TPSA) is 115 Å². The van der Waals surface area contributed by atoms with Crippen molar-refractivity contribution >= 4 is 39.4 Å². The molecule has 0 radical (unpaired) electrons. The Morgan fingerprint density at radius 2 is 1.73 bits per heavy atom. The summed E-state index contributed by atoms with van der Waals surface area (Å²) in [6, 6.07) is 3.63. The fourth-order valence-electron chi connectivity index (χ4n) is 2.49. The number of nitrogens with one attached hydrogen (secondary N) is 1. The first-order chi connectivity index (χ1) is 13.7. The zero-order valence-corrected chi connectivity index (χ0v) is 18.9. The van der Waals surface area contributed by atoms with Crippen LogP contribution in [0.2, 0.25) is 0 Å². The van der Waals surface area contributed by atoms with E-state index in [0.717, 1.165) is 11.3 Å². The van der Waals surface area contributed by atoms with Gasteiger partial charge in [-0.1, -0.05) is 0 Å². The number of hydrogen-bond donors (Lipinski definition) is 2. The van der Waals surface area contributed by atoms with Crippen LogP contribution in [0.25, 0.3) is 10.2 Å². The van der Waals surface area contributed by atoms with Crippen LogP contribution in [0.5, 0.6) is 5.75 Å². The van der Waals surface area contributed by atoms with Crippen molar-refractivity contribution in [1.29, 1.82) is 0 Å². The van der Waals surface area contributed by atoms with Crippen molar-refractivity contribution in [1.82, 2.24) is 10.3 Å². The molecular formula is C21H28N2O6S. The Hall–Kier alpha value is -2.68. The third kappa shape index (κ3) is 7.29. The molecule has 2 aromatic rings. The minimum Gasteiger partial charge on any atom is -0.508 e. The van der Waals surface area contributed by atoms with Crippen LogP contribution in [0.1, 0.15) is 64.2 Å². The van der Waals surface area contributed by atoms with Gasteiger partial charge in [0.2, 0.25) is 0 Å². The van der Waals surface area contributed by atoms with E-state index < -0.39 is 29.3 Å². The molecule has 0 fully saturated rings. The maximum atomic E-state index is 12.6. The Morgan fingerprint density at radius 1 is 1.10 bits per heavy atom. The van der Waals surface area contributed by atoms with Crippen molar-refractivity contribution in [3.63, 3.8) is 0 Å². The molecule has 1 aromatic heterocycles. The zero-order chi connectivity index (χ0) is 22.7. The van der Waals surface area contributed by atoms with Crippen molar-refractivity contribution in [2.45, 2.75) is 71.6 Å². The minimum atomic E-state index is -1.04. The molecule has 0 saturated heterocycles. The number of phenols is 1. The summed E-state index contributed by atoms with van der Waals surface area (Å²) in [5.41, 5.74) is -0.869. The lowest BCUT2D eigenvalue weighted by molar-refractivity contribution is -0.157. The number of aromatic hydroxyl groups is 1. The molecule has 0 unspecified atom stereocenters. The number of benzene rings is 1. The lowest BCUT2D eigenvalue weighted by Gasteiger charge is -2.26. The lowest BCUT2D eigenvalue weighted by Crippen LogP contribution is -2.46. The summed E-state index contributed by atoms with van der Waals surface area (Å²) >= 11 is 1.16. The first-order valence-corrected chi connectivity index (χ1v) is 10.4. The number of esters is 1. The third-order valence-corrected chi connectivity index (χ3v) is 4.71. The van der Waals surface area contributed by atoms with E-state index in [0.29, 0.717) is 10.2 Å². The van der Waals surface area contributed by atoms with Gasteiger partial charge in [-0.15, -0.1) is 11.3 Å². The lowest BCUT2D eigenvalue weighted by atomic mass is 10.1. The van der Waals surface area contributed by atoms with Crippen molar-refractivity contribution in [2.24, 2.45) is 0 Å². The van der Waals surface area contributed by atoms with E-state index in [-0.39, 0.29) is 29.4 Å². The van der Waals surface area contributed by atoms with E-state index in [1.165, 1.54) is 12.1 Å². The summed E-state index contributed by atoms with van der Waals surface area (Å²) in [7, 11) is 0. The maximum Gasteiger partial charge on any atom is 0.408 e. The number of alkyl carbamates (subject to hydrolysis) is 1. The molecule has 30 heavy (non-hydrogen) atoms. The molecule has 0 aliphatic rings. The number of rotatable bonds is 6. The van der Waals surface area contributed by atoms with Crippen LogP contribution < -0.4 is 5.32 Å². The molecule has 1 atom stereocenters. The number of Topliss-reactive ketones (excluding diaryl/α,β-unsaturated/α-hetero) is 1. The highest BCUT2D eigenvalue weighted by Gasteiger charge is 2.29. The number of fused-ring (bicyclic) bond motifs is 1. The third-order valence-electron chi connectivity index (χ3n) is 3.65. The van der Waals surface area contributed by atoms with Crippen molar-refractivity contribution in [2.75, 3.05) is 0 Å². The first kappa shape index (κ1) is 23.6. The van der Waals surface area contributed by atoms with E-state index in [4.69, 9.17) is 9.47 Å². The number of ether oxygens (including phenoxy) is 2. The van der Waals surface area contributed by atoms with Gasteiger partial charge >= 0.3 is 12.1 Å². The van der Waals surface area contributed by atoms with Gasteiger partial charge in [0, 0.05) is 6.42 Å². The Balaban J connectivity index is 2.10. The fourth-order valence-corrected chi connectivity index (χ4v) is 3.45. The average Bonchev–Trinajstić information content (AvgIpc) is 2.98. The molecule has 2 rings (SSSR count). The number of nitrogens with zero attached hydrogens (tertiary/aromatic N) is 1. The predicted molar refractivity (Wildman–Crippen MR) is 114 cm³/mol. The summed E-state index contributed by atoms with van der Waals surface area (Å²) in [5, 5.41) is 12.3. The maximum absolute atomic E-state index is 12.6. The molecule has 9 heteroatoms. The number of ketones is 1. The van der Waals surface area contributed by atoms with Gasteiger partial charge in [-0.05, 0) is 66.2 Å². The number of hydrogen-bond acceptors (Lipinski definition) is 8. The Morgan fingerprint density at radius 3 is 2.33 bits per heavy atom. The Labute approximate surface area is 179 Å². The second kappa shape index (κ2) is 8.99. The summed E-state index contributed by atoms with van der Waals surface area (Å²) in [6.07, 6.45) is -0.749. The fraction of sp³-hybridized carbons (Fsp3) is 0.524. The van der Waals surface area contributed by atoms with Crippen LogP contribution in [0.3, 0.4) is 0 Å². The second-order valence-corrected chi connectivity index (χ2v) is 9.90. The predicted octanol–water partition coefficient (Wildman–Crippen LogP) is 4.20. The van der Waals surface area contributed by atoms with Gasteiger partial charge in [0.05, 0.1) is 10.2 Å². The number of carbonyl (C=O) groups is 3. The van der Waals surface area contributed by atoms with Crippen LogP contribution in [0.15, 0.2) is 18.2 Å². The normalized spacial score (nSPS) is 13.0.